The second kappa shape index (κ2) is 7.59. The van der Waals surface area contributed by atoms with Gasteiger partial charge in [-0.15, -0.1) is 6.58 Å². The van der Waals surface area contributed by atoms with E-state index in [0.29, 0.717) is 18.0 Å². The summed E-state index contributed by atoms with van der Waals surface area (Å²) in [5.74, 6) is 0.857. The average molecular weight is 374 g/mol. The molecule has 1 aliphatic heterocycles. The lowest BCUT2D eigenvalue weighted by Gasteiger charge is -2.09. The van der Waals surface area contributed by atoms with E-state index in [1.807, 2.05) is 0 Å². The third-order valence-corrected chi connectivity index (χ3v) is 5.12. The first-order chi connectivity index (χ1) is 12.5. The molecule has 0 radical (unpaired) electrons. The van der Waals surface area contributed by atoms with Crippen molar-refractivity contribution >= 4 is 15.9 Å². The third-order valence-electron chi connectivity index (χ3n) is 3.72. The molecule has 8 heteroatoms. The number of sulfonamides is 1. The van der Waals surface area contributed by atoms with E-state index in [9.17, 15) is 13.2 Å². The number of hydrogen-bond donors (Lipinski definition) is 2. The Labute approximate surface area is 151 Å². The van der Waals surface area contributed by atoms with Crippen molar-refractivity contribution < 1.29 is 22.7 Å². The van der Waals surface area contributed by atoms with Gasteiger partial charge in [-0.1, -0.05) is 18.2 Å². The molecule has 0 bridgehead atoms. The summed E-state index contributed by atoms with van der Waals surface area (Å²) < 4.78 is 38.1. The summed E-state index contributed by atoms with van der Waals surface area (Å²) in [6.07, 6.45) is 1.55. The molecule has 3 rings (SSSR count). The molecule has 1 aliphatic rings. The number of rotatable bonds is 7. The molecular weight excluding hydrogens is 356 g/mol. The predicted molar refractivity (Wildman–Crippen MR) is 95.6 cm³/mol. The summed E-state index contributed by atoms with van der Waals surface area (Å²) >= 11 is 0. The van der Waals surface area contributed by atoms with E-state index in [-0.39, 0.29) is 29.7 Å². The number of hydrogen-bond acceptors (Lipinski definition) is 5. The van der Waals surface area contributed by atoms with Crippen LogP contribution in [-0.2, 0) is 16.6 Å². The molecule has 2 aromatic carbocycles. The number of nitrogens with one attached hydrogen (secondary N) is 2. The highest BCUT2D eigenvalue weighted by Gasteiger charge is 2.18. The van der Waals surface area contributed by atoms with Gasteiger partial charge < -0.3 is 14.8 Å². The Morgan fingerprint density at radius 3 is 2.77 bits per heavy atom. The summed E-state index contributed by atoms with van der Waals surface area (Å²) in [7, 11) is -3.77. The lowest BCUT2D eigenvalue weighted by Crippen LogP contribution is -2.25. The van der Waals surface area contributed by atoms with Crippen LogP contribution >= 0.6 is 0 Å². The van der Waals surface area contributed by atoms with Crippen molar-refractivity contribution in [1.29, 1.82) is 0 Å². The fourth-order valence-corrected chi connectivity index (χ4v) is 3.45. The van der Waals surface area contributed by atoms with E-state index in [0.717, 1.165) is 5.56 Å². The molecule has 0 fully saturated rings. The minimum atomic E-state index is -3.77. The van der Waals surface area contributed by atoms with Gasteiger partial charge in [-0.05, 0) is 35.9 Å². The molecule has 1 amide bonds. The van der Waals surface area contributed by atoms with E-state index in [1.165, 1.54) is 18.2 Å². The zero-order valence-corrected chi connectivity index (χ0v) is 14.7. The van der Waals surface area contributed by atoms with Crippen LogP contribution in [0.25, 0.3) is 0 Å². The molecule has 0 saturated heterocycles. The fourth-order valence-electron chi connectivity index (χ4n) is 2.38. The molecule has 2 N–H and O–H groups in total. The lowest BCUT2D eigenvalue weighted by molar-refractivity contribution is 0.0958. The van der Waals surface area contributed by atoms with Gasteiger partial charge in [0, 0.05) is 18.7 Å². The van der Waals surface area contributed by atoms with Gasteiger partial charge in [0.1, 0.15) is 0 Å². The minimum Gasteiger partial charge on any atom is -0.454 e. The van der Waals surface area contributed by atoms with Crippen molar-refractivity contribution in [3.63, 3.8) is 0 Å². The Morgan fingerprint density at radius 1 is 1.15 bits per heavy atom. The Kier molecular flexibility index (Phi) is 5.24. The molecule has 136 valence electrons. The van der Waals surface area contributed by atoms with E-state index < -0.39 is 10.0 Å². The maximum atomic E-state index is 12.5. The van der Waals surface area contributed by atoms with Crippen molar-refractivity contribution in [2.45, 2.75) is 11.4 Å². The van der Waals surface area contributed by atoms with Gasteiger partial charge in [-0.25, -0.2) is 13.1 Å². The quantitative estimate of drug-likeness (QED) is 0.721. The number of carbonyl (C=O) groups is 1. The predicted octanol–water partition coefficient (Wildman–Crippen LogP) is 1.81. The summed E-state index contributed by atoms with van der Waals surface area (Å²) in [6.45, 7) is 4.07. The molecule has 7 nitrogen and oxygen atoms in total. The average Bonchev–Trinajstić information content (AvgIpc) is 3.12. The van der Waals surface area contributed by atoms with E-state index >= 15 is 0 Å². The number of carbonyl (C=O) groups excluding carboxylic acids is 1. The van der Waals surface area contributed by atoms with Crippen LogP contribution < -0.4 is 19.5 Å². The first-order valence-electron chi connectivity index (χ1n) is 7.87. The molecule has 1 heterocycles. The van der Waals surface area contributed by atoms with Gasteiger partial charge in [-0.2, -0.15) is 0 Å². The van der Waals surface area contributed by atoms with Gasteiger partial charge in [0.2, 0.25) is 16.8 Å². The molecule has 2 aromatic rings. The molecule has 0 spiro atoms. The van der Waals surface area contributed by atoms with Crippen LogP contribution in [0.2, 0.25) is 0 Å². The smallest absolute Gasteiger partial charge is 0.251 e. The summed E-state index contributed by atoms with van der Waals surface area (Å²) in [4.78, 5) is 12.0. The maximum absolute atomic E-state index is 12.5. The van der Waals surface area contributed by atoms with Crippen molar-refractivity contribution in [2.24, 2.45) is 0 Å². The van der Waals surface area contributed by atoms with Gasteiger partial charge in [0.25, 0.3) is 5.91 Å². The molecule has 0 aromatic heterocycles. The zero-order chi connectivity index (χ0) is 18.6. The van der Waals surface area contributed by atoms with Crippen molar-refractivity contribution in [3.05, 3.63) is 66.2 Å². The highest BCUT2D eigenvalue weighted by Crippen LogP contribution is 2.32. The number of ether oxygens (including phenoxy) is 2. The minimum absolute atomic E-state index is 0.0181. The van der Waals surface area contributed by atoms with Crippen LogP contribution in [0.1, 0.15) is 15.9 Å². The van der Waals surface area contributed by atoms with Crippen molar-refractivity contribution in [3.8, 4) is 11.5 Å². The van der Waals surface area contributed by atoms with Crippen LogP contribution in [0.15, 0.2) is 60.0 Å². The van der Waals surface area contributed by atoms with Crippen LogP contribution in [0.3, 0.4) is 0 Å². The fraction of sp³-hybridized carbons (Fsp3) is 0.167. The third kappa shape index (κ3) is 4.04. The van der Waals surface area contributed by atoms with Gasteiger partial charge in [-0.3, -0.25) is 4.79 Å². The second-order valence-electron chi connectivity index (χ2n) is 5.54. The lowest BCUT2D eigenvalue weighted by atomic mass is 10.2. The Morgan fingerprint density at radius 2 is 1.96 bits per heavy atom. The topological polar surface area (TPSA) is 93.7 Å². The normalized spacial score (nSPS) is 12.6. The molecule has 0 aliphatic carbocycles. The number of benzene rings is 2. The first kappa shape index (κ1) is 18.0. The second-order valence-corrected chi connectivity index (χ2v) is 7.31. The van der Waals surface area contributed by atoms with Crippen LogP contribution in [-0.4, -0.2) is 27.7 Å². The molecule has 0 atom stereocenters. The summed E-state index contributed by atoms with van der Waals surface area (Å²) in [5, 5.41) is 2.61. The van der Waals surface area contributed by atoms with Crippen LogP contribution in [0.4, 0.5) is 0 Å². The van der Waals surface area contributed by atoms with Crippen LogP contribution in [0, 0.1) is 0 Å². The number of fused-ring (bicyclic) bond motifs is 1. The van der Waals surface area contributed by atoms with E-state index in [2.05, 4.69) is 16.6 Å². The molecule has 0 unspecified atom stereocenters. The highest BCUT2D eigenvalue weighted by atomic mass is 32.2. The Bertz CT molecular complexity index is 940. The highest BCUT2D eigenvalue weighted by molar-refractivity contribution is 7.89. The largest absolute Gasteiger partial charge is 0.454 e. The Hall–Kier alpha value is -2.84. The molecule has 26 heavy (non-hydrogen) atoms. The SMILES string of the molecule is C=CCNC(=O)c1cccc(S(=O)(=O)NCc2ccc3c(c2)OCO3)c1. The first-order valence-corrected chi connectivity index (χ1v) is 9.35. The Balaban J connectivity index is 1.71. The van der Waals surface area contributed by atoms with Crippen molar-refractivity contribution in [2.75, 3.05) is 13.3 Å². The van der Waals surface area contributed by atoms with Crippen molar-refractivity contribution in [1.82, 2.24) is 10.0 Å². The molecule has 0 saturated carbocycles. The number of amides is 1. The van der Waals surface area contributed by atoms with Crippen LogP contribution in [0.5, 0.6) is 11.5 Å². The van der Waals surface area contributed by atoms with E-state index in [1.54, 1.807) is 30.3 Å². The van der Waals surface area contributed by atoms with Gasteiger partial charge >= 0.3 is 0 Å². The standard InChI is InChI=1S/C18H18N2O5S/c1-2-8-19-18(21)14-4-3-5-15(10-14)26(22,23)20-11-13-6-7-16-17(9-13)25-12-24-16/h2-7,9-10,20H,1,8,11-12H2,(H,19,21). The molecular formula is C18H18N2O5S. The zero-order valence-electron chi connectivity index (χ0n) is 13.9. The monoisotopic (exact) mass is 374 g/mol. The van der Waals surface area contributed by atoms with Gasteiger partial charge in [0.15, 0.2) is 11.5 Å². The van der Waals surface area contributed by atoms with Gasteiger partial charge in [0.05, 0.1) is 4.90 Å². The summed E-state index contributed by atoms with van der Waals surface area (Å²) in [6, 6.07) is 11.1. The maximum Gasteiger partial charge on any atom is 0.251 e. The summed E-state index contributed by atoms with van der Waals surface area (Å²) in [5.41, 5.74) is 0.996. The van der Waals surface area contributed by atoms with E-state index in [4.69, 9.17) is 9.47 Å².